The van der Waals surface area contributed by atoms with Crippen molar-refractivity contribution in [3.05, 3.63) is 71.3 Å². The normalized spacial score (nSPS) is 15.7. The quantitative estimate of drug-likeness (QED) is 0.410. The summed E-state index contributed by atoms with van der Waals surface area (Å²) in [6, 6.07) is 16.6. The molecule has 5 rings (SSSR count). The molecule has 0 aliphatic carbocycles. The van der Waals surface area contributed by atoms with E-state index in [1.165, 1.54) is 35.4 Å². The van der Waals surface area contributed by atoms with Gasteiger partial charge in [-0.15, -0.1) is 0 Å². The number of nitrogens with one attached hydrogen (secondary N) is 1. The molecule has 1 N–H and O–H groups in total. The van der Waals surface area contributed by atoms with Gasteiger partial charge in [0.15, 0.2) is 11.6 Å². The van der Waals surface area contributed by atoms with Gasteiger partial charge < -0.3 is 19.9 Å². The molecule has 0 bridgehead atoms. The highest BCUT2D eigenvalue weighted by Gasteiger charge is 2.28. The summed E-state index contributed by atoms with van der Waals surface area (Å²) in [6.07, 6.45) is 5.23. The Morgan fingerprint density at radius 3 is 2.24 bits per heavy atom. The van der Waals surface area contributed by atoms with Crippen molar-refractivity contribution in [2.75, 3.05) is 37.0 Å². The zero-order chi connectivity index (χ0) is 26.3. The Balaban J connectivity index is 1.27. The lowest BCUT2D eigenvalue weighted by molar-refractivity contribution is -0.128. The number of ketones is 1. The Kier molecular flexibility index (Phi) is 8.11. The van der Waals surface area contributed by atoms with Gasteiger partial charge in [-0.3, -0.25) is 9.59 Å². The van der Waals surface area contributed by atoms with Gasteiger partial charge in [0.2, 0.25) is 11.9 Å². The first-order chi connectivity index (χ1) is 18.6. The molecule has 0 spiro atoms. The van der Waals surface area contributed by atoms with E-state index in [1.54, 1.807) is 7.11 Å². The van der Waals surface area contributed by atoms with Crippen molar-refractivity contribution in [2.24, 2.45) is 0 Å². The lowest BCUT2D eigenvalue weighted by atomic mass is 10.1. The molecule has 1 amide bonds. The van der Waals surface area contributed by atoms with Crippen LogP contribution >= 0.6 is 0 Å². The zero-order valence-electron chi connectivity index (χ0n) is 21.9. The molecule has 38 heavy (non-hydrogen) atoms. The van der Waals surface area contributed by atoms with Gasteiger partial charge in [0.1, 0.15) is 11.6 Å². The molecule has 0 atom stereocenters. The van der Waals surface area contributed by atoms with Crippen molar-refractivity contribution < 1.29 is 14.3 Å². The number of carbonyl (C=O) groups excluding carboxylic acids is 2. The summed E-state index contributed by atoms with van der Waals surface area (Å²) in [6.45, 7) is 3.10. The first kappa shape index (κ1) is 25.6. The van der Waals surface area contributed by atoms with Crippen LogP contribution in [-0.4, -0.2) is 58.3 Å². The van der Waals surface area contributed by atoms with Crippen LogP contribution in [0.4, 0.5) is 11.6 Å². The van der Waals surface area contributed by atoms with E-state index >= 15 is 0 Å². The molecule has 3 aromatic rings. The first-order valence-electron chi connectivity index (χ1n) is 13.3. The van der Waals surface area contributed by atoms with Gasteiger partial charge >= 0.3 is 0 Å². The van der Waals surface area contributed by atoms with Crippen molar-refractivity contribution in [3.8, 4) is 5.75 Å². The van der Waals surface area contributed by atoms with Crippen molar-refractivity contribution in [3.63, 3.8) is 0 Å². The Hall–Kier alpha value is -4.01. The van der Waals surface area contributed by atoms with Crippen molar-refractivity contribution in [1.29, 1.82) is 0 Å². The maximum atomic E-state index is 12.2. The number of Topliss-reactive ketones (excluding diaryl/α,β-unsaturated/α-hetero) is 1. The third kappa shape index (κ3) is 6.65. The molecule has 1 aromatic heterocycles. The van der Waals surface area contributed by atoms with Crippen LogP contribution in [0.5, 0.6) is 5.75 Å². The largest absolute Gasteiger partial charge is 0.497 e. The third-order valence-electron chi connectivity index (χ3n) is 7.03. The van der Waals surface area contributed by atoms with Crippen LogP contribution in [0, 0.1) is 0 Å². The number of hydrogen-bond acceptors (Lipinski definition) is 8. The Bertz CT molecular complexity index is 1260. The summed E-state index contributed by atoms with van der Waals surface area (Å²) in [5.74, 6) is 2.14. The smallest absolute Gasteiger partial charge is 0.230 e. The van der Waals surface area contributed by atoms with Crippen LogP contribution in [0.3, 0.4) is 0 Å². The van der Waals surface area contributed by atoms with E-state index in [-0.39, 0.29) is 31.2 Å². The number of ether oxygens (including phenoxy) is 1. The number of piperidine rings is 1. The van der Waals surface area contributed by atoms with Crippen LogP contribution in [0.1, 0.15) is 48.5 Å². The summed E-state index contributed by atoms with van der Waals surface area (Å²) in [7, 11) is 1.64. The SMILES string of the molecule is COc1ccc(CNc2nc(CCc3ccc(N4CCCCC4)cc3)nc(CN3CC(=O)CC3=O)n2)cc1. The number of carbonyl (C=O) groups is 2. The van der Waals surface area contributed by atoms with E-state index in [9.17, 15) is 9.59 Å². The molecule has 0 saturated carbocycles. The van der Waals surface area contributed by atoms with E-state index in [2.05, 4.69) is 49.4 Å². The van der Waals surface area contributed by atoms with Gasteiger partial charge in [0, 0.05) is 31.7 Å². The molecule has 9 nitrogen and oxygen atoms in total. The topological polar surface area (TPSA) is 101 Å². The van der Waals surface area contributed by atoms with Gasteiger partial charge in [0.25, 0.3) is 0 Å². The zero-order valence-corrected chi connectivity index (χ0v) is 21.9. The molecule has 3 heterocycles. The summed E-state index contributed by atoms with van der Waals surface area (Å²) >= 11 is 0. The summed E-state index contributed by atoms with van der Waals surface area (Å²) in [5, 5.41) is 3.29. The average molecular weight is 515 g/mol. The van der Waals surface area contributed by atoms with E-state index < -0.39 is 0 Å². The summed E-state index contributed by atoms with van der Waals surface area (Å²) < 4.78 is 5.23. The number of rotatable bonds is 10. The molecular weight excluding hydrogens is 480 g/mol. The van der Waals surface area contributed by atoms with Crippen LogP contribution in [0.15, 0.2) is 48.5 Å². The van der Waals surface area contributed by atoms with Crippen LogP contribution < -0.4 is 15.0 Å². The molecule has 0 unspecified atom stereocenters. The number of likely N-dealkylation sites (tertiary alicyclic amines) is 1. The van der Waals surface area contributed by atoms with E-state index in [1.807, 2.05) is 24.3 Å². The molecule has 9 heteroatoms. The standard InChI is InChI=1S/C29H34N6O3/c1-38-25-12-7-22(8-13-25)18-30-29-32-26(31-27(33-29)20-35-19-24(36)17-28(35)37)14-9-21-5-10-23(11-6-21)34-15-3-2-4-16-34/h5-8,10-13H,2-4,9,14-20H2,1H3,(H,30,31,32,33). The highest BCUT2D eigenvalue weighted by molar-refractivity contribution is 6.05. The maximum Gasteiger partial charge on any atom is 0.230 e. The highest BCUT2D eigenvalue weighted by Crippen LogP contribution is 2.21. The van der Waals surface area contributed by atoms with Gasteiger partial charge in [-0.25, -0.2) is 4.98 Å². The molecular formula is C29H34N6O3. The van der Waals surface area contributed by atoms with Gasteiger partial charge in [0.05, 0.1) is 26.6 Å². The maximum absolute atomic E-state index is 12.2. The number of aromatic nitrogens is 3. The number of anilines is 2. The minimum atomic E-state index is -0.182. The molecule has 2 saturated heterocycles. The molecule has 2 aromatic carbocycles. The second-order valence-corrected chi connectivity index (χ2v) is 9.87. The number of amides is 1. The second kappa shape index (κ2) is 12.0. The second-order valence-electron chi connectivity index (χ2n) is 9.87. The fourth-order valence-corrected chi connectivity index (χ4v) is 4.89. The van der Waals surface area contributed by atoms with Crippen LogP contribution in [0.2, 0.25) is 0 Å². The average Bonchev–Trinajstić information content (AvgIpc) is 3.27. The lowest BCUT2D eigenvalue weighted by Gasteiger charge is -2.28. The molecule has 2 aliphatic heterocycles. The molecule has 0 radical (unpaired) electrons. The molecule has 198 valence electrons. The fraction of sp³-hybridized carbons (Fsp3) is 0.414. The van der Waals surface area contributed by atoms with Crippen LogP contribution in [-0.2, 0) is 35.5 Å². The minimum Gasteiger partial charge on any atom is -0.497 e. The van der Waals surface area contributed by atoms with Crippen molar-refractivity contribution in [2.45, 2.75) is 51.6 Å². The Labute approximate surface area is 223 Å². The third-order valence-corrected chi connectivity index (χ3v) is 7.03. The monoisotopic (exact) mass is 514 g/mol. The lowest BCUT2D eigenvalue weighted by Crippen LogP contribution is -2.29. The predicted octanol–water partition coefficient (Wildman–Crippen LogP) is 3.57. The Morgan fingerprint density at radius 2 is 1.55 bits per heavy atom. The van der Waals surface area contributed by atoms with Crippen molar-refractivity contribution in [1.82, 2.24) is 19.9 Å². The van der Waals surface area contributed by atoms with Gasteiger partial charge in [-0.1, -0.05) is 24.3 Å². The van der Waals surface area contributed by atoms with Gasteiger partial charge in [-0.05, 0) is 61.1 Å². The first-order valence-corrected chi connectivity index (χ1v) is 13.3. The number of methoxy groups -OCH3 is 1. The van der Waals surface area contributed by atoms with Crippen molar-refractivity contribution >= 4 is 23.3 Å². The molecule has 2 fully saturated rings. The number of nitrogens with zero attached hydrogens (tertiary/aromatic N) is 5. The van der Waals surface area contributed by atoms with Crippen LogP contribution in [0.25, 0.3) is 0 Å². The highest BCUT2D eigenvalue weighted by atomic mass is 16.5. The minimum absolute atomic E-state index is 0.0477. The van der Waals surface area contributed by atoms with E-state index in [0.717, 1.165) is 30.8 Å². The summed E-state index contributed by atoms with van der Waals surface area (Å²) in [4.78, 5) is 41.7. The van der Waals surface area contributed by atoms with E-state index in [0.29, 0.717) is 30.6 Å². The van der Waals surface area contributed by atoms with E-state index in [4.69, 9.17) is 4.74 Å². The molecule has 2 aliphatic rings. The Morgan fingerprint density at radius 1 is 0.842 bits per heavy atom. The number of hydrogen-bond donors (Lipinski definition) is 1. The number of benzene rings is 2. The fourth-order valence-electron chi connectivity index (χ4n) is 4.89. The number of aryl methyl sites for hydroxylation is 2. The predicted molar refractivity (Wildman–Crippen MR) is 145 cm³/mol. The summed E-state index contributed by atoms with van der Waals surface area (Å²) in [5.41, 5.74) is 3.56. The van der Waals surface area contributed by atoms with Gasteiger partial charge in [-0.2, -0.15) is 9.97 Å².